The van der Waals surface area contributed by atoms with Crippen molar-refractivity contribution in [2.24, 2.45) is 0 Å². The number of likely N-dealkylation sites (N-methyl/N-ethyl adjacent to an activating group) is 1. The standard InChI is InChI=1S/C27H30ClN3O4S/c1-20-9-13-24(14-10-20)31(36(34,35)25-15-11-23(28)12-16-25)19-26(32)30(21(2)27(33)29-3)18-17-22-7-5-4-6-8-22/h4-16,21H,17-19H2,1-3H3,(H,29,33). The molecule has 0 saturated heterocycles. The molecule has 3 aromatic rings. The van der Waals surface area contributed by atoms with Crippen LogP contribution in [0, 0.1) is 6.92 Å². The number of carbonyl (C=O) groups excluding carboxylic acids is 2. The van der Waals surface area contributed by atoms with Crippen LogP contribution in [-0.2, 0) is 26.0 Å². The molecule has 0 radical (unpaired) electrons. The first kappa shape index (κ1) is 27.2. The van der Waals surface area contributed by atoms with Crippen molar-refractivity contribution in [3.8, 4) is 0 Å². The van der Waals surface area contributed by atoms with Crippen molar-refractivity contribution >= 4 is 39.1 Å². The molecule has 0 saturated carbocycles. The molecule has 0 aliphatic carbocycles. The minimum atomic E-state index is -4.10. The van der Waals surface area contributed by atoms with Gasteiger partial charge in [0.1, 0.15) is 12.6 Å². The van der Waals surface area contributed by atoms with Gasteiger partial charge < -0.3 is 10.2 Å². The Balaban J connectivity index is 1.96. The van der Waals surface area contributed by atoms with Gasteiger partial charge in [-0.2, -0.15) is 0 Å². The van der Waals surface area contributed by atoms with Crippen molar-refractivity contribution < 1.29 is 18.0 Å². The van der Waals surface area contributed by atoms with Crippen LogP contribution in [0.3, 0.4) is 0 Å². The molecule has 0 bridgehead atoms. The lowest BCUT2D eigenvalue weighted by Gasteiger charge is -2.31. The van der Waals surface area contributed by atoms with E-state index in [-0.39, 0.29) is 17.3 Å². The topological polar surface area (TPSA) is 86.8 Å². The Bertz CT molecular complexity index is 1280. The van der Waals surface area contributed by atoms with Crippen LogP contribution in [0.2, 0.25) is 5.02 Å². The van der Waals surface area contributed by atoms with Crippen LogP contribution in [0.15, 0.2) is 83.8 Å². The number of sulfonamides is 1. The molecule has 0 aliphatic rings. The van der Waals surface area contributed by atoms with Gasteiger partial charge in [-0.1, -0.05) is 59.6 Å². The summed E-state index contributed by atoms with van der Waals surface area (Å²) < 4.78 is 28.4. The maximum absolute atomic E-state index is 13.7. The second-order valence-corrected chi connectivity index (χ2v) is 10.7. The molecular formula is C27H30ClN3O4S. The molecule has 7 nitrogen and oxygen atoms in total. The number of anilines is 1. The van der Waals surface area contributed by atoms with Crippen LogP contribution in [0.4, 0.5) is 5.69 Å². The predicted octanol–water partition coefficient (Wildman–Crippen LogP) is 4.05. The van der Waals surface area contributed by atoms with Gasteiger partial charge in [-0.3, -0.25) is 13.9 Å². The summed E-state index contributed by atoms with van der Waals surface area (Å²) in [5.41, 5.74) is 2.30. The van der Waals surface area contributed by atoms with Crippen molar-refractivity contribution in [2.45, 2.75) is 31.2 Å². The van der Waals surface area contributed by atoms with Crippen LogP contribution in [0.25, 0.3) is 0 Å². The van der Waals surface area contributed by atoms with E-state index in [0.29, 0.717) is 17.1 Å². The number of nitrogens with zero attached hydrogens (tertiary/aromatic N) is 2. The number of hydrogen-bond acceptors (Lipinski definition) is 4. The molecule has 36 heavy (non-hydrogen) atoms. The summed E-state index contributed by atoms with van der Waals surface area (Å²) in [5, 5.41) is 2.97. The highest BCUT2D eigenvalue weighted by molar-refractivity contribution is 7.92. The van der Waals surface area contributed by atoms with Gasteiger partial charge in [0, 0.05) is 18.6 Å². The van der Waals surface area contributed by atoms with Crippen LogP contribution in [0.5, 0.6) is 0 Å². The average molecular weight is 528 g/mol. The van der Waals surface area contributed by atoms with Gasteiger partial charge in [0.25, 0.3) is 10.0 Å². The van der Waals surface area contributed by atoms with Crippen LogP contribution in [0.1, 0.15) is 18.1 Å². The van der Waals surface area contributed by atoms with E-state index in [9.17, 15) is 18.0 Å². The zero-order valence-corrected chi connectivity index (χ0v) is 22.1. The summed E-state index contributed by atoms with van der Waals surface area (Å²) in [6.45, 7) is 3.30. The third-order valence-corrected chi connectivity index (χ3v) is 7.94. The monoisotopic (exact) mass is 527 g/mol. The van der Waals surface area contributed by atoms with E-state index in [4.69, 9.17) is 11.6 Å². The quantitative estimate of drug-likeness (QED) is 0.431. The van der Waals surface area contributed by atoms with Crippen molar-refractivity contribution in [2.75, 3.05) is 24.4 Å². The number of benzene rings is 3. The van der Waals surface area contributed by atoms with E-state index in [2.05, 4.69) is 5.32 Å². The zero-order chi connectivity index (χ0) is 26.3. The maximum Gasteiger partial charge on any atom is 0.264 e. The summed E-state index contributed by atoms with van der Waals surface area (Å²) in [6, 6.07) is 21.5. The molecule has 3 aromatic carbocycles. The minimum Gasteiger partial charge on any atom is -0.357 e. The number of carbonyl (C=O) groups is 2. The lowest BCUT2D eigenvalue weighted by molar-refractivity contribution is -0.138. The first-order chi connectivity index (χ1) is 17.1. The Morgan fingerprint density at radius 3 is 2.14 bits per heavy atom. The Morgan fingerprint density at radius 2 is 1.56 bits per heavy atom. The van der Waals surface area contributed by atoms with Gasteiger partial charge in [0.15, 0.2) is 0 Å². The molecular weight excluding hydrogens is 498 g/mol. The summed E-state index contributed by atoms with van der Waals surface area (Å²) in [5.74, 6) is -0.820. The lowest BCUT2D eigenvalue weighted by Crippen LogP contribution is -2.51. The van der Waals surface area contributed by atoms with E-state index in [0.717, 1.165) is 15.4 Å². The molecule has 190 valence electrons. The molecule has 0 fully saturated rings. The maximum atomic E-state index is 13.7. The number of amides is 2. The fourth-order valence-corrected chi connectivity index (χ4v) is 5.29. The molecule has 0 spiro atoms. The summed E-state index contributed by atoms with van der Waals surface area (Å²) in [6.07, 6.45) is 0.516. The number of hydrogen-bond donors (Lipinski definition) is 1. The molecule has 0 aromatic heterocycles. The molecule has 0 aliphatic heterocycles. The van der Waals surface area contributed by atoms with Gasteiger partial charge in [0.2, 0.25) is 11.8 Å². The van der Waals surface area contributed by atoms with Gasteiger partial charge in [0.05, 0.1) is 10.6 Å². The molecule has 1 N–H and O–H groups in total. The third-order valence-electron chi connectivity index (χ3n) is 5.90. The summed E-state index contributed by atoms with van der Waals surface area (Å²) in [7, 11) is -2.60. The number of halogens is 1. The number of rotatable bonds is 10. The Hall–Kier alpha value is -3.36. The van der Waals surface area contributed by atoms with Crippen LogP contribution >= 0.6 is 11.6 Å². The SMILES string of the molecule is CNC(=O)C(C)N(CCc1ccccc1)C(=O)CN(c1ccc(C)cc1)S(=O)(=O)c1ccc(Cl)cc1. The van der Waals surface area contributed by atoms with Gasteiger partial charge in [-0.05, 0) is 62.2 Å². The minimum absolute atomic E-state index is 0.00969. The highest BCUT2D eigenvalue weighted by Crippen LogP contribution is 2.25. The Labute approximate surface area is 217 Å². The first-order valence-electron chi connectivity index (χ1n) is 11.5. The summed E-state index contributed by atoms with van der Waals surface area (Å²) in [4.78, 5) is 27.5. The van der Waals surface area contributed by atoms with E-state index < -0.39 is 28.5 Å². The first-order valence-corrected chi connectivity index (χ1v) is 13.3. The van der Waals surface area contributed by atoms with E-state index in [1.165, 1.54) is 36.2 Å². The molecule has 3 rings (SSSR count). The van der Waals surface area contributed by atoms with Gasteiger partial charge in [-0.15, -0.1) is 0 Å². The molecule has 1 atom stereocenters. The van der Waals surface area contributed by atoms with Gasteiger partial charge in [-0.25, -0.2) is 8.42 Å². The highest BCUT2D eigenvalue weighted by Gasteiger charge is 2.32. The summed E-state index contributed by atoms with van der Waals surface area (Å²) >= 11 is 5.96. The second kappa shape index (κ2) is 12.1. The molecule has 1 unspecified atom stereocenters. The van der Waals surface area contributed by atoms with Crippen molar-refractivity contribution in [1.82, 2.24) is 10.2 Å². The van der Waals surface area contributed by atoms with Crippen molar-refractivity contribution in [3.05, 3.63) is 95.0 Å². The van der Waals surface area contributed by atoms with Crippen molar-refractivity contribution in [3.63, 3.8) is 0 Å². The smallest absolute Gasteiger partial charge is 0.264 e. The van der Waals surface area contributed by atoms with Crippen molar-refractivity contribution in [1.29, 1.82) is 0 Å². The van der Waals surface area contributed by atoms with Crippen LogP contribution < -0.4 is 9.62 Å². The molecule has 2 amide bonds. The molecule has 9 heteroatoms. The van der Waals surface area contributed by atoms with Gasteiger partial charge >= 0.3 is 0 Å². The zero-order valence-electron chi connectivity index (χ0n) is 20.5. The Kier molecular flexibility index (Phi) is 9.12. The Morgan fingerprint density at radius 1 is 0.944 bits per heavy atom. The highest BCUT2D eigenvalue weighted by atomic mass is 35.5. The fraction of sp³-hybridized carbons (Fsp3) is 0.259. The fourth-order valence-electron chi connectivity index (χ4n) is 3.75. The normalized spacial score (nSPS) is 12.0. The van der Waals surface area contributed by atoms with E-state index >= 15 is 0 Å². The predicted molar refractivity (Wildman–Crippen MR) is 143 cm³/mol. The third kappa shape index (κ3) is 6.65. The number of aryl methyl sites for hydroxylation is 1. The average Bonchev–Trinajstić information content (AvgIpc) is 2.88. The van der Waals surface area contributed by atoms with Crippen LogP contribution in [-0.4, -0.2) is 51.3 Å². The largest absolute Gasteiger partial charge is 0.357 e. The molecule has 0 heterocycles. The second-order valence-electron chi connectivity index (χ2n) is 8.41. The lowest BCUT2D eigenvalue weighted by atomic mass is 10.1. The van der Waals surface area contributed by atoms with E-state index in [1.807, 2.05) is 37.3 Å². The number of nitrogens with one attached hydrogen (secondary N) is 1. The van der Waals surface area contributed by atoms with E-state index in [1.54, 1.807) is 31.2 Å².